The minimum Gasteiger partial charge on any atom is -0.494 e. The van der Waals surface area contributed by atoms with E-state index in [1.807, 2.05) is 18.4 Å². The maximum absolute atomic E-state index is 13.8. The van der Waals surface area contributed by atoms with Gasteiger partial charge in [0.05, 0.1) is 17.7 Å². The highest BCUT2D eigenvalue weighted by Gasteiger charge is 2.14. The van der Waals surface area contributed by atoms with Crippen molar-refractivity contribution >= 4 is 33.7 Å². The molecule has 0 aliphatic carbocycles. The first kappa shape index (κ1) is 15.6. The van der Waals surface area contributed by atoms with Crippen LogP contribution in [0.5, 0.6) is 5.75 Å². The molecule has 0 radical (unpaired) electrons. The van der Waals surface area contributed by atoms with E-state index in [0.29, 0.717) is 21.3 Å². The Hall–Kier alpha value is -2.25. The summed E-state index contributed by atoms with van der Waals surface area (Å²) in [4.78, 5) is 17.2. The third kappa shape index (κ3) is 3.25. The van der Waals surface area contributed by atoms with Crippen molar-refractivity contribution in [3.8, 4) is 17.0 Å². The number of hydrogen-bond donors (Lipinski definition) is 1. The Bertz CT molecular complexity index is 857. The SMILES string of the molecule is COc1ccc(-c2csc(NC(=O)c3sccc3C)n2)cc1F. The molecule has 0 atom stereocenters. The van der Waals surface area contributed by atoms with Gasteiger partial charge >= 0.3 is 0 Å². The predicted octanol–water partition coefficient (Wildman–Crippen LogP) is 4.58. The van der Waals surface area contributed by atoms with Gasteiger partial charge in [0.1, 0.15) is 0 Å². The molecule has 0 aliphatic heterocycles. The van der Waals surface area contributed by atoms with Gasteiger partial charge < -0.3 is 4.74 Å². The second-order valence-electron chi connectivity index (χ2n) is 4.77. The third-order valence-corrected chi connectivity index (χ3v) is 5.01. The average molecular weight is 348 g/mol. The molecule has 0 saturated heterocycles. The lowest BCUT2D eigenvalue weighted by Crippen LogP contribution is -2.10. The monoisotopic (exact) mass is 348 g/mol. The Labute approximate surface area is 140 Å². The number of anilines is 1. The van der Waals surface area contributed by atoms with Gasteiger partial charge in [-0.3, -0.25) is 10.1 Å². The first-order chi connectivity index (χ1) is 11.1. The van der Waals surface area contributed by atoms with Crippen molar-refractivity contribution in [3.05, 3.63) is 51.3 Å². The molecule has 3 rings (SSSR count). The van der Waals surface area contributed by atoms with Crippen LogP contribution in [0.1, 0.15) is 15.2 Å². The van der Waals surface area contributed by atoms with Crippen molar-refractivity contribution in [2.75, 3.05) is 12.4 Å². The van der Waals surface area contributed by atoms with Gasteiger partial charge in [-0.05, 0) is 42.1 Å². The summed E-state index contributed by atoms with van der Waals surface area (Å²) >= 11 is 2.69. The number of hydrogen-bond acceptors (Lipinski definition) is 5. The standard InChI is InChI=1S/C16H13FN2O2S2/c1-9-5-6-22-14(9)15(20)19-16-18-12(8-23-16)10-3-4-13(21-2)11(17)7-10/h3-8H,1-2H3,(H,18,19,20). The lowest BCUT2D eigenvalue weighted by atomic mass is 10.1. The van der Waals surface area contributed by atoms with Crippen LogP contribution in [-0.4, -0.2) is 18.0 Å². The minimum absolute atomic E-state index is 0.181. The highest BCUT2D eigenvalue weighted by molar-refractivity contribution is 7.14. The van der Waals surface area contributed by atoms with Gasteiger partial charge in [0.2, 0.25) is 0 Å². The van der Waals surface area contributed by atoms with Crippen molar-refractivity contribution in [1.29, 1.82) is 0 Å². The fourth-order valence-electron chi connectivity index (χ4n) is 2.05. The molecule has 1 aromatic carbocycles. The molecule has 7 heteroatoms. The lowest BCUT2D eigenvalue weighted by Gasteiger charge is -2.03. The zero-order chi connectivity index (χ0) is 16.4. The summed E-state index contributed by atoms with van der Waals surface area (Å²) < 4.78 is 18.7. The summed E-state index contributed by atoms with van der Waals surface area (Å²) in [5.74, 6) is -0.442. The van der Waals surface area contributed by atoms with Crippen molar-refractivity contribution in [2.24, 2.45) is 0 Å². The molecule has 1 amide bonds. The molecule has 0 spiro atoms. The summed E-state index contributed by atoms with van der Waals surface area (Å²) in [7, 11) is 1.42. The molecular weight excluding hydrogens is 335 g/mol. The molecule has 0 aliphatic rings. The molecule has 0 bridgehead atoms. The van der Waals surface area contributed by atoms with Gasteiger partial charge in [0, 0.05) is 10.9 Å². The van der Waals surface area contributed by atoms with Gasteiger partial charge in [-0.2, -0.15) is 0 Å². The van der Waals surface area contributed by atoms with Crippen LogP contribution >= 0.6 is 22.7 Å². The zero-order valence-corrected chi connectivity index (χ0v) is 14.1. The Morgan fingerprint density at radius 1 is 1.30 bits per heavy atom. The molecule has 2 aromatic heterocycles. The second kappa shape index (κ2) is 6.47. The number of carbonyl (C=O) groups excluding carboxylic acids is 1. The van der Waals surface area contributed by atoms with Crippen LogP contribution in [0.4, 0.5) is 9.52 Å². The minimum atomic E-state index is -0.446. The number of methoxy groups -OCH3 is 1. The van der Waals surface area contributed by atoms with Crippen molar-refractivity contribution in [1.82, 2.24) is 4.98 Å². The highest BCUT2D eigenvalue weighted by Crippen LogP contribution is 2.29. The Balaban J connectivity index is 1.79. The largest absolute Gasteiger partial charge is 0.494 e. The summed E-state index contributed by atoms with van der Waals surface area (Å²) in [6.45, 7) is 1.89. The van der Waals surface area contributed by atoms with Crippen LogP contribution in [0, 0.1) is 12.7 Å². The van der Waals surface area contributed by atoms with E-state index in [1.54, 1.807) is 17.5 Å². The quantitative estimate of drug-likeness (QED) is 0.751. The number of nitrogens with zero attached hydrogens (tertiary/aromatic N) is 1. The van der Waals surface area contributed by atoms with E-state index in [9.17, 15) is 9.18 Å². The third-order valence-electron chi connectivity index (χ3n) is 3.24. The van der Waals surface area contributed by atoms with Crippen LogP contribution < -0.4 is 10.1 Å². The topological polar surface area (TPSA) is 51.2 Å². The smallest absolute Gasteiger partial charge is 0.267 e. The molecule has 118 valence electrons. The fourth-order valence-corrected chi connectivity index (χ4v) is 3.58. The lowest BCUT2D eigenvalue weighted by molar-refractivity contribution is 0.103. The number of aryl methyl sites for hydroxylation is 1. The highest BCUT2D eigenvalue weighted by atomic mass is 32.1. The number of ether oxygens (including phenoxy) is 1. The number of thiophene rings is 1. The number of amides is 1. The van der Waals surface area contributed by atoms with E-state index in [-0.39, 0.29) is 11.7 Å². The van der Waals surface area contributed by atoms with Crippen molar-refractivity contribution in [3.63, 3.8) is 0 Å². The Morgan fingerprint density at radius 2 is 2.13 bits per heavy atom. The number of halogens is 1. The average Bonchev–Trinajstić information content (AvgIpc) is 3.16. The molecule has 1 N–H and O–H groups in total. The van der Waals surface area contributed by atoms with Crippen molar-refractivity contribution < 1.29 is 13.9 Å². The maximum Gasteiger partial charge on any atom is 0.267 e. The van der Waals surface area contributed by atoms with Gasteiger partial charge in [-0.15, -0.1) is 22.7 Å². The number of rotatable bonds is 4. The molecular formula is C16H13FN2O2S2. The maximum atomic E-state index is 13.8. The number of nitrogens with one attached hydrogen (secondary N) is 1. The van der Waals surface area contributed by atoms with Gasteiger partial charge in [-0.25, -0.2) is 9.37 Å². The van der Waals surface area contributed by atoms with Gasteiger partial charge in [0.15, 0.2) is 16.7 Å². The van der Waals surface area contributed by atoms with E-state index in [0.717, 1.165) is 5.56 Å². The van der Waals surface area contributed by atoms with E-state index in [4.69, 9.17) is 4.74 Å². The van der Waals surface area contributed by atoms with Gasteiger partial charge in [0.25, 0.3) is 5.91 Å². The number of thiazole rings is 1. The normalized spacial score (nSPS) is 10.6. The summed E-state index contributed by atoms with van der Waals surface area (Å²) in [6.07, 6.45) is 0. The molecule has 2 heterocycles. The first-order valence-electron chi connectivity index (χ1n) is 6.73. The Kier molecular flexibility index (Phi) is 4.40. The van der Waals surface area contributed by atoms with Crippen LogP contribution in [0.3, 0.4) is 0 Å². The summed E-state index contributed by atoms with van der Waals surface area (Å²) in [6, 6.07) is 6.54. The molecule has 4 nitrogen and oxygen atoms in total. The molecule has 0 fully saturated rings. The Morgan fingerprint density at radius 3 is 2.78 bits per heavy atom. The number of aromatic nitrogens is 1. The van der Waals surface area contributed by atoms with Crippen molar-refractivity contribution in [2.45, 2.75) is 6.92 Å². The van der Waals surface area contributed by atoms with Crippen LogP contribution in [0.25, 0.3) is 11.3 Å². The number of benzene rings is 1. The fraction of sp³-hybridized carbons (Fsp3) is 0.125. The van der Waals surface area contributed by atoms with E-state index < -0.39 is 5.82 Å². The molecule has 0 saturated carbocycles. The van der Waals surface area contributed by atoms with E-state index in [1.165, 1.54) is 35.8 Å². The number of carbonyl (C=O) groups is 1. The zero-order valence-electron chi connectivity index (χ0n) is 12.4. The molecule has 0 unspecified atom stereocenters. The first-order valence-corrected chi connectivity index (χ1v) is 8.49. The predicted molar refractivity (Wildman–Crippen MR) is 91.1 cm³/mol. The molecule has 3 aromatic rings. The van der Waals surface area contributed by atoms with Crippen LogP contribution in [-0.2, 0) is 0 Å². The summed E-state index contributed by atoms with van der Waals surface area (Å²) in [5.41, 5.74) is 2.17. The van der Waals surface area contributed by atoms with Crippen LogP contribution in [0.2, 0.25) is 0 Å². The molecule has 23 heavy (non-hydrogen) atoms. The second-order valence-corrected chi connectivity index (χ2v) is 6.55. The van der Waals surface area contributed by atoms with E-state index in [2.05, 4.69) is 10.3 Å². The van der Waals surface area contributed by atoms with Crippen LogP contribution in [0.15, 0.2) is 35.0 Å². The summed E-state index contributed by atoms with van der Waals surface area (Å²) in [5, 5.41) is 6.90. The van der Waals surface area contributed by atoms with E-state index >= 15 is 0 Å². The van der Waals surface area contributed by atoms with Gasteiger partial charge in [-0.1, -0.05) is 0 Å².